The van der Waals surface area contributed by atoms with Crippen LogP contribution in [0.3, 0.4) is 0 Å². The Morgan fingerprint density at radius 2 is 2.36 bits per heavy atom. The van der Waals surface area contributed by atoms with Crippen molar-refractivity contribution in [2.24, 2.45) is 11.8 Å². The Labute approximate surface area is 70.3 Å². The molecule has 1 rings (SSSR count). The fraction of sp³-hybridized carbons (Fsp3) is 0.750. The molecule has 3 atom stereocenters. The Kier molecular flexibility index (Phi) is 2.84. The molecule has 0 radical (unpaired) electrons. The van der Waals surface area contributed by atoms with Crippen molar-refractivity contribution < 1.29 is 8.39 Å². The molecule has 1 saturated heterocycles. The third kappa shape index (κ3) is 1.91. The van der Waals surface area contributed by atoms with E-state index in [1.807, 2.05) is 6.08 Å². The first-order chi connectivity index (χ1) is 5.15. The Bertz CT molecular complexity index is 177. The van der Waals surface area contributed by atoms with Crippen molar-refractivity contribution in [2.45, 2.75) is 20.0 Å². The van der Waals surface area contributed by atoms with Gasteiger partial charge >= 0.3 is 0 Å². The summed E-state index contributed by atoms with van der Waals surface area (Å²) in [5.41, 5.74) is 0. The van der Waals surface area contributed by atoms with Crippen molar-refractivity contribution in [3.63, 3.8) is 0 Å². The Hall–Kier alpha value is -0.150. The lowest BCUT2D eigenvalue weighted by atomic mass is 9.95. The van der Waals surface area contributed by atoms with Gasteiger partial charge in [0.1, 0.15) is 0 Å². The van der Waals surface area contributed by atoms with Crippen LogP contribution in [0.2, 0.25) is 0 Å². The average molecular weight is 174 g/mol. The zero-order chi connectivity index (χ0) is 8.43. The van der Waals surface area contributed by atoms with Gasteiger partial charge in [0.25, 0.3) is 0 Å². The molecule has 1 aliphatic heterocycles. The second-order valence-electron chi connectivity index (χ2n) is 3.17. The molecule has 0 aromatic heterocycles. The SMILES string of the molecule is C=CC1CS(=O)OC1C(C)C. The molecule has 1 aliphatic rings. The van der Waals surface area contributed by atoms with E-state index in [0.29, 0.717) is 11.7 Å². The van der Waals surface area contributed by atoms with Gasteiger partial charge in [0.05, 0.1) is 11.9 Å². The van der Waals surface area contributed by atoms with Crippen LogP contribution in [0.4, 0.5) is 0 Å². The third-order valence-corrected chi connectivity index (χ3v) is 3.02. The van der Waals surface area contributed by atoms with Gasteiger partial charge in [0.2, 0.25) is 0 Å². The van der Waals surface area contributed by atoms with Crippen molar-refractivity contribution in [3.05, 3.63) is 12.7 Å². The lowest BCUT2D eigenvalue weighted by Crippen LogP contribution is -2.21. The molecular formula is C8H14O2S. The largest absolute Gasteiger partial charge is 0.286 e. The lowest BCUT2D eigenvalue weighted by molar-refractivity contribution is 0.163. The monoisotopic (exact) mass is 174 g/mol. The molecule has 11 heavy (non-hydrogen) atoms. The quantitative estimate of drug-likeness (QED) is 0.593. The van der Waals surface area contributed by atoms with E-state index in [9.17, 15) is 4.21 Å². The molecular weight excluding hydrogens is 160 g/mol. The molecule has 0 aromatic rings. The summed E-state index contributed by atoms with van der Waals surface area (Å²) < 4.78 is 16.2. The minimum atomic E-state index is -1.07. The maximum absolute atomic E-state index is 11.0. The maximum Gasteiger partial charge on any atom is 0.156 e. The van der Waals surface area contributed by atoms with Crippen LogP contribution in [0.25, 0.3) is 0 Å². The van der Waals surface area contributed by atoms with E-state index < -0.39 is 11.1 Å². The third-order valence-electron chi connectivity index (χ3n) is 1.93. The van der Waals surface area contributed by atoms with Gasteiger partial charge in [0, 0.05) is 5.92 Å². The molecule has 0 aromatic carbocycles. The van der Waals surface area contributed by atoms with Crippen LogP contribution >= 0.6 is 0 Å². The van der Waals surface area contributed by atoms with Crippen LogP contribution in [-0.4, -0.2) is 16.1 Å². The fourth-order valence-corrected chi connectivity index (χ4v) is 2.63. The van der Waals surface area contributed by atoms with Crippen LogP contribution < -0.4 is 0 Å². The predicted octanol–water partition coefficient (Wildman–Crippen LogP) is 1.51. The van der Waals surface area contributed by atoms with E-state index >= 15 is 0 Å². The fourth-order valence-electron chi connectivity index (χ4n) is 1.29. The van der Waals surface area contributed by atoms with E-state index in [1.54, 1.807) is 0 Å². The van der Waals surface area contributed by atoms with Gasteiger partial charge < -0.3 is 0 Å². The Balaban J connectivity index is 2.64. The predicted molar refractivity (Wildman–Crippen MR) is 46.4 cm³/mol. The minimum absolute atomic E-state index is 0.105. The average Bonchev–Trinajstić information content (AvgIpc) is 2.30. The number of hydrogen-bond donors (Lipinski definition) is 0. The van der Waals surface area contributed by atoms with Crippen LogP contribution in [0.1, 0.15) is 13.8 Å². The van der Waals surface area contributed by atoms with Crippen LogP contribution in [0.5, 0.6) is 0 Å². The zero-order valence-electron chi connectivity index (χ0n) is 6.95. The van der Waals surface area contributed by atoms with Gasteiger partial charge in [-0.05, 0) is 5.92 Å². The Morgan fingerprint density at radius 3 is 2.73 bits per heavy atom. The second-order valence-corrected chi connectivity index (χ2v) is 4.31. The van der Waals surface area contributed by atoms with E-state index in [1.165, 1.54) is 0 Å². The molecule has 0 N–H and O–H groups in total. The number of hydrogen-bond acceptors (Lipinski definition) is 2. The van der Waals surface area contributed by atoms with Crippen molar-refractivity contribution in [3.8, 4) is 0 Å². The highest BCUT2D eigenvalue weighted by molar-refractivity contribution is 7.80. The van der Waals surface area contributed by atoms with Gasteiger partial charge in [-0.2, -0.15) is 0 Å². The summed E-state index contributed by atoms with van der Waals surface area (Å²) in [6.07, 6.45) is 1.95. The van der Waals surface area contributed by atoms with Gasteiger partial charge in [-0.1, -0.05) is 19.9 Å². The summed E-state index contributed by atoms with van der Waals surface area (Å²) >= 11 is -1.07. The van der Waals surface area contributed by atoms with Gasteiger partial charge in [-0.25, -0.2) is 4.21 Å². The Morgan fingerprint density at radius 1 is 1.73 bits per heavy atom. The van der Waals surface area contributed by atoms with Crippen molar-refractivity contribution in [1.82, 2.24) is 0 Å². The molecule has 0 amide bonds. The van der Waals surface area contributed by atoms with E-state index in [0.717, 1.165) is 0 Å². The van der Waals surface area contributed by atoms with Crippen molar-refractivity contribution in [2.75, 3.05) is 5.75 Å². The van der Waals surface area contributed by atoms with Gasteiger partial charge in [-0.15, -0.1) is 6.58 Å². The lowest BCUT2D eigenvalue weighted by Gasteiger charge is -2.16. The molecule has 1 fully saturated rings. The molecule has 3 unspecified atom stereocenters. The topological polar surface area (TPSA) is 26.3 Å². The normalized spacial score (nSPS) is 37.9. The van der Waals surface area contributed by atoms with Gasteiger partial charge in [0.15, 0.2) is 11.1 Å². The van der Waals surface area contributed by atoms with Crippen LogP contribution in [-0.2, 0) is 15.3 Å². The standard InChI is InChI=1S/C8H14O2S/c1-4-7-5-11(9)10-8(7)6(2)3/h4,6-8H,1,5H2,2-3H3. The summed E-state index contributed by atoms with van der Waals surface area (Å²) in [5.74, 6) is 1.31. The zero-order valence-corrected chi connectivity index (χ0v) is 7.76. The molecule has 3 heteroatoms. The summed E-state index contributed by atoms with van der Waals surface area (Å²) in [7, 11) is 0. The molecule has 1 heterocycles. The van der Waals surface area contributed by atoms with Crippen molar-refractivity contribution >= 4 is 11.1 Å². The smallest absolute Gasteiger partial charge is 0.156 e. The van der Waals surface area contributed by atoms with E-state index in [2.05, 4.69) is 20.4 Å². The summed E-state index contributed by atoms with van der Waals surface area (Å²) in [6, 6.07) is 0. The summed E-state index contributed by atoms with van der Waals surface area (Å²) in [6.45, 7) is 7.84. The molecule has 64 valence electrons. The highest BCUT2D eigenvalue weighted by atomic mass is 32.2. The molecule has 0 saturated carbocycles. The molecule has 0 bridgehead atoms. The first-order valence-electron chi connectivity index (χ1n) is 3.83. The van der Waals surface area contributed by atoms with E-state index in [-0.39, 0.29) is 12.0 Å². The van der Waals surface area contributed by atoms with Crippen LogP contribution in [0, 0.1) is 11.8 Å². The van der Waals surface area contributed by atoms with E-state index in [4.69, 9.17) is 4.18 Å². The maximum atomic E-state index is 11.0. The first kappa shape index (κ1) is 8.94. The highest BCUT2D eigenvalue weighted by Gasteiger charge is 2.33. The highest BCUT2D eigenvalue weighted by Crippen LogP contribution is 2.26. The molecule has 2 nitrogen and oxygen atoms in total. The minimum Gasteiger partial charge on any atom is -0.286 e. The molecule has 0 aliphatic carbocycles. The number of rotatable bonds is 2. The van der Waals surface area contributed by atoms with Crippen LogP contribution in [0.15, 0.2) is 12.7 Å². The van der Waals surface area contributed by atoms with Crippen molar-refractivity contribution in [1.29, 1.82) is 0 Å². The summed E-state index contributed by atoms with van der Waals surface area (Å²) in [5, 5.41) is 0. The second kappa shape index (κ2) is 3.50. The van der Waals surface area contributed by atoms with Gasteiger partial charge in [-0.3, -0.25) is 4.18 Å². The molecule has 0 spiro atoms. The first-order valence-corrected chi connectivity index (χ1v) is 5.07. The summed E-state index contributed by atoms with van der Waals surface area (Å²) in [4.78, 5) is 0.